The number of benzene rings is 1. The van der Waals surface area contributed by atoms with Gasteiger partial charge in [0.25, 0.3) is 15.9 Å². The van der Waals surface area contributed by atoms with E-state index in [1.165, 1.54) is 30.5 Å². The molecule has 0 aliphatic carbocycles. The second kappa shape index (κ2) is 11.7. The Morgan fingerprint density at radius 3 is 2.46 bits per heavy atom. The molecule has 2 heterocycles. The van der Waals surface area contributed by atoms with E-state index in [0.29, 0.717) is 29.4 Å². The first-order chi connectivity index (χ1) is 17.4. The lowest BCUT2D eigenvalue weighted by Crippen LogP contribution is -2.41. The number of carbonyl (C=O) groups is 1. The number of hydrogen-bond acceptors (Lipinski definition) is 7. The third-order valence-corrected chi connectivity index (χ3v) is 6.99. The topological polar surface area (TPSA) is 117 Å². The number of aromatic amines is 1. The van der Waals surface area contributed by atoms with Crippen LogP contribution in [0.5, 0.6) is 5.75 Å². The number of aromatic nitrogens is 3. The van der Waals surface area contributed by atoms with Gasteiger partial charge < -0.3 is 9.64 Å². The summed E-state index contributed by atoms with van der Waals surface area (Å²) >= 11 is 0. The van der Waals surface area contributed by atoms with Gasteiger partial charge in [-0.2, -0.15) is 13.5 Å². The lowest BCUT2D eigenvalue weighted by molar-refractivity contribution is 0.0981. The molecule has 3 rings (SSSR count). The Morgan fingerprint density at radius 2 is 1.86 bits per heavy atom. The Labute approximate surface area is 217 Å². The highest BCUT2D eigenvalue weighted by atomic mass is 32.2. The molecular formula is C26H34FN5O4S. The van der Waals surface area contributed by atoms with Gasteiger partial charge in [0, 0.05) is 23.7 Å². The van der Waals surface area contributed by atoms with Crippen LogP contribution in [0.2, 0.25) is 0 Å². The predicted octanol–water partition coefficient (Wildman–Crippen LogP) is 4.78. The molecule has 1 unspecified atom stereocenters. The molecule has 0 saturated heterocycles. The highest BCUT2D eigenvalue weighted by Gasteiger charge is 2.28. The predicted molar refractivity (Wildman–Crippen MR) is 141 cm³/mol. The number of anilines is 1. The van der Waals surface area contributed by atoms with Crippen LogP contribution < -0.4 is 14.4 Å². The monoisotopic (exact) mass is 531 g/mol. The number of nitrogens with one attached hydrogen (secondary N) is 2. The maximum Gasteiger partial charge on any atom is 0.281 e. The molecule has 1 atom stereocenters. The zero-order chi connectivity index (χ0) is 27.3. The molecule has 0 bridgehead atoms. The van der Waals surface area contributed by atoms with Crippen molar-refractivity contribution < 1.29 is 22.3 Å². The zero-order valence-electron chi connectivity index (χ0n) is 21.9. The number of carbonyl (C=O) groups excluding carboxylic acids is 1. The second-order valence-electron chi connectivity index (χ2n) is 9.56. The summed E-state index contributed by atoms with van der Waals surface area (Å²) in [6.07, 6.45) is 2.03. The normalized spacial score (nSPS) is 12.6. The van der Waals surface area contributed by atoms with Crippen LogP contribution in [-0.4, -0.2) is 48.2 Å². The van der Waals surface area contributed by atoms with Gasteiger partial charge in [0.1, 0.15) is 17.4 Å². The number of halogens is 1. The Kier molecular flexibility index (Phi) is 8.90. The minimum absolute atomic E-state index is 0.0176. The highest BCUT2D eigenvalue weighted by Crippen LogP contribution is 2.31. The van der Waals surface area contributed by atoms with E-state index in [-0.39, 0.29) is 28.6 Å². The first-order valence-corrected chi connectivity index (χ1v) is 13.7. The summed E-state index contributed by atoms with van der Waals surface area (Å²) in [6, 6.07) is 8.60. The molecule has 0 saturated carbocycles. The zero-order valence-corrected chi connectivity index (χ0v) is 22.8. The summed E-state index contributed by atoms with van der Waals surface area (Å²) in [7, 11) is -4.17. The van der Waals surface area contributed by atoms with Gasteiger partial charge in [-0.05, 0) is 63.4 Å². The molecule has 3 aromatic rings. The van der Waals surface area contributed by atoms with Crippen LogP contribution in [0, 0.1) is 11.7 Å². The van der Waals surface area contributed by atoms with Gasteiger partial charge in [-0.15, -0.1) is 0 Å². The third-order valence-electron chi connectivity index (χ3n) is 5.73. The summed E-state index contributed by atoms with van der Waals surface area (Å²) in [5.41, 5.74) is 0.976. The number of hydrogen-bond donors (Lipinski definition) is 2. The molecule has 1 amide bonds. The number of nitrogens with zero attached hydrogens (tertiary/aromatic N) is 3. The summed E-state index contributed by atoms with van der Waals surface area (Å²) in [5.74, 6) is -0.370. The van der Waals surface area contributed by atoms with Crippen molar-refractivity contribution in [2.75, 3.05) is 11.5 Å². The SMILES string of the molecule is CCC(C)N(c1nc(-c2cc(F)cc(OCC(C)C)c2)ccc1C(=O)NS(=O)(=O)c1ccn[nH]1)C(C)C. The van der Waals surface area contributed by atoms with Crippen molar-refractivity contribution >= 4 is 21.7 Å². The van der Waals surface area contributed by atoms with E-state index in [2.05, 4.69) is 14.9 Å². The van der Waals surface area contributed by atoms with Crippen molar-refractivity contribution in [3.05, 3.63) is 54.0 Å². The summed E-state index contributed by atoms with van der Waals surface area (Å²) in [4.78, 5) is 20.0. The number of rotatable bonds is 11. The number of amides is 1. The van der Waals surface area contributed by atoms with Crippen LogP contribution >= 0.6 is 0 Å². The molecule has 0 spiro atoms. The standard InChI is InChI=1S/C26H34FN5O4S/c1-7-18(6)32(17(4)5)25-22(26(33)31-37(34,35)24-10-11-28-30-24)8-9-23(29-25)19-12-20(27)14-21(13-19)36-15-16(2)3/h8-14,16-18H,7,15H2,1-6H3,(H,28,30)(H,31,33). The first kappa shape index (κ1) is 28.1. The van der Waals surface area contributed by atoms with Crippen LogP contribution in [0.3, 0.4) is 0 Å². The smallest absolute Gasteiger partial charge is 0.281 e. The van der Waals surface area contributed by atoms with E-state index >= 15 is 0 Å². The minimum atomic E-state index is -4.17. The van der Waals surface area contributed by atoms with E-state index in [1.54, 1.807) is 12.1 Å². The van der Waals surface area contributed by atoms with Crippen LogP contribution in [0.1, 0.15) is 58.3 Å². The van der Waals surface area contributed by atoms with Crippen molar-refractivity contribution in [1.29, 1.82) is 0 Å². The molecule has 0 aliphatic rings. The van der Waals surface area contributed by atoms with Gasteiger partial charge in [0.05, 0.1) is 24.1 Å². The molecule has 11 heteroatoms. The molecular weight excluding hydrogens is 497 g/mol. The fourth-order valence-electron chi connectivity index (χ4n) is 3.82. The van der Waals surface area contributed by atoms with Crippen molar-refractivity contribution in [2.45, 2.75) is 65.1 Å². The average Bonchev–Trinajstić information content (AvgIpc) is 3.38. The molecule has 0 aliphatic heterocycles. The Balaban J connectivity index is 2.10. The molecule has 2 N–H and O–H groups in total. The molecule has 37 heavy (non-hydrogen) atoms. The van der Waals surface area contributed by atoms with Crippen molar-refractivity contribution in [2.24, 2.45) is 5.92 Å². The van der Waals surface area contributed by atoms with E-state index in [1.807, 2.05) is 46.4 Å². The van der Waals surface area contributed by atoms with Gasteiger partial charge in [-0.25, -0.2) is 14.1 Å². The molecule has 9 nitrogen and oxygen atoms in total. The fourth-order valence-corrected chi connectivity index (χ4v) is 4.70. The van der Waals surface area contributed by atoms with E-state index in [0.717, 1.165) is 6.42 Å². The van der Waals surface area contributed by atoms with Crippen molar-refractivity contribution in [1.82, 2.24) is 19.9 Å². The molecule has 2 aromatic heterocycles. The number of pyridine rings is 1. The average molecular weight is 532 g/mol. The maximum atomic E-state index is 14.5. The number of ether oxygens (including phenoxy) is 1. The van der Waals surface area contributed by atoms with Crippen molar-refractivity contribution in [3.63, 3.8) is 0 Å². The summed E-state index contributed by atoms with van der Waals surface area (Å²) in [6.45, 7) is 12.4. The largest absolute Gasteiger partial charge is 0.493 e. The summed E-state index contributed by atoms with van der Waals surface area (Å²) < 4.78 is 47.6. The second-order valence-corrected chi connectivity index (χ2v) is 11.2. The number of H-pyrrole nitrogens is 1. The molecule has 1 aromatic carbocycles. The van der Waals surface area contributed by atoms with Crippen LogP contribution in [0.15, 0.2) is 47.6 Å². The van der Waals surface area contributed by atoms with E-state index in [9.17, 15) is 17.6 Å². The molecule has 200 valence electrons. The lowest BCUT2D eigenvalue weighted by Gasteiger charge is -2.35. The van der Waals surface area contributed by atoms with Gasteiger partial charge in [-0.1, -0.05) is 20.8 Å². The minimum Gasteiger partial charge on any atom is -0.493 e. The molecule has 0 fully saturated rings. The van der Waals surface area contributed by atoms with E-state index < -0.39 is 21.7 Å². The van der Waals surface area contributed by atoms with Gasteiger partial charge in [-0.3, -0.25) is 9.89 Å². The lowest BCUT2D eigenvalue weighted by atomic mass is 10.1. The van der Waals surface area contributed by atoms with Gasteiger partial charge >= 0.3 is 0 Å². The summed E-state index contributed by atoms with van der Waals surface area (Å²) in [5, 5.41) is 5.75. The number of sulfonamides is 1. The Morgan fingerprint density at radius 1 is 1.14 bits per heavy atom. The molecule has 0 radical (unpaired) electrons. The van der Waals surface area contributed by atoms with Gasteiger partial charge in [0.15, 0.2) is 5.03 Å². The third kappa shape index (κ3) is 6.85. The highest BCUT2D eigenvalue weighted by molar-refractivity contribution is 7.90. The van der Waals surface area contributed by atoms with Crippen LogP contribution in [-0.2, 0) is 10.0 Å². The fraction of sp³-hybridized carbons (Fsp3) is 0.423. The van der Waals surface area contributed by atoms with Gasteiger partial charge in [0.2, 0.25) is 0 Å². The van der Waals surface area contributed by atoms with Crippen molar-refractivity contribution in [3.8, 4) is 17.0 Å². The van der Waals surface area contributed by atoms with Crippen LogP contribution in [0.4, 0.5) is 10.2 Å². The quantitative estimate of drug-likeness (QED) is 0.366. The van der Waals surface area contributed by atoms with E-state index in [4.69, 9.17) is 9.72 Å². The Hall–Kier alpha value is -3.47. The van der Waals surface area contributed by atoms with Crippen LogP contribution in [0.25, 0.3) is 11.3 Å². The maximum absolute atomic E-state index is 14.5. The first-order valence-electron chi connectivity index (χ1n) is 12.2. The Bertz CT molecular complexity index is 1330.